The third-order valence-corrected chi connectivity index (χ3v) is 8.65. The molecule has 4 aliphatic heterocycles. The fourth-order valence-electron chi connectivity index (χ4n) is 6.86. The van der Waals surface area contributed by atoms with E-state index >= 15 is 0 Å². The number of hydrogen-bond acceptors (Lipinski definition) is 8. The molecule has 0 bridgehead atoms. The first kappa shape index (κ1) is 24.6. The first-order valence-electron chi connectivity index (χ1n) is 13.9. The number of rotatable bonds is 4. The summed E-state index contributed by atoms with van der Waals surface area (Å²) < 4.78 is 12.8. The Balaban J connectivity index is 1.04. The molecule has 2 aromatic carbocycles. The number of aromatic amines is 1. The van der Waals surface area contributed by atoms with E-state index in [0.717, 1.165) is 70.0 Å². The van der Waals surface area contributed by atoms with Gasteiger partial charge in [0.25, 0.3) is 0 Å². The lowest BCUT2D eigenvalue weighted by atomic mass is 9.84. The van der Waals surface area contributed by atoms with Crippen LogP contribution in [0.5, 0.6) is 0 Å². The number of benzene rings is 2. The molecule has 2 N–H and O–H groups in total. The minimum absolute atomic E-state index is 0.0514. The average Bonchev–Trinajstić information content (AvgIpc) is 3.31. The summed E-state index contributed by atoms with van der Waals surface area (Å²) >= 11 is 0. The maximum Gasteiger partial charge on any atom is 0.248 e. The Hall–Kier alpha value is -3.42. The molecule has 2 unspecified atom stereocenters. The van der Waals surface area contributed by atoms with Gasteiger partial charge in [0.05, 0.1) is 29.9 Å². The number of ether oxygens (including phenoxy) is 2. The predicted molar refractivity (Wildman–Crippen MR) is 150 cm³/mol. The molecule has 0 aliphatic carbocycles. The van der Waals surface area contributed by atoms with Gasteiger partial charge in [0, 0.05) is 81.7 Å². The van der Waals surface area contributed by atoms with Gasteiger partial charge >= 0.3 is 0 Å². The van der Waals surface area contributed by atoms with Crippen molar-refractivity contribution >= 4 is 22.3 Å². The molecule has 3 aromatic rings. The Labute approximate surface area is 227 Å². The van der Waals surface area contributed by atoms with Gasteiger partial charge in [-0.25, -0.2) is 0 Å². The summed E-state index contributed by atoms with van der Waals surface area (Å²) in [4.78, 5) is 22.0. The Morgan fingerprint density at radius 2 is 1.92 bits per heavy atom. The highest BCUT2D eigenvalue weighted by Gasteiger charge is 2.50. The highest BCUT2D eigenvalue weighted by atomic mass is 16.5. The van der Waals surface area contributed by atoms with E-state index in [1.165, 1.54) is 22.9 Å². The predicted octanol–water partition coefficient (Wildman–Crippen LogP) is 2.14. The topological polar surface area (TPSA) is 96.9 Å². The minimum atomic E-state index is -0.202. The largest absolute Gasteiger partial charge is 0.370 e. The van der Waals surface area contributed by atoms with Gasteiger partial charge in [-0.15, -0.1) is 0 Å². The van der Waals surface area contributed by atoms with Crippen molar-refractivity contribution in [1.29, 1.82) is 5.26 Å². The molecule has 0 saturated carbocycles. The van der Waals surface area contributed by atoms with E-state index in [1.54, 1.807) is 6.07 Å². The molecule has 7 rings (SSSR count). The summed E-state index contributed by atoms with van der Waals surface area (Å²) in [6.45, 7) is 11.1. The Morgan fingerprint density at radius 3 is 2.74 bits per heavy atom. The average molecular weight is 527 g/mol. The standard InChI is InChI=1S/C30H34N6O3/c1-20-14-36(27-6-2-21(13-31)29-25(27)4-7-28(37)33-29)16-24(39-20)15-34-18-30(19-34)26-5-3-23(12-22(26)17-38-30)35-10-8-32-9-11-35/h2-7,12,20,24,32H,8-11,14-19H2,1H3,(H,33,37). The number of aromatic nitrogens is 1. The van der Waals surface area contributed by atoms with Crippen LogP contribution in [0, 0.1) is 11.3 Å². The fraction of sp³-hybridized carbons (Fsp3) is 0.467. The molecule has 9 nitrogen and oxygen atoms in total. The molecular formula is C30H34N6O3. The molecule has 3 saturated heterocycles. The first-order valence-corrected chi connectivity index (χ1v) is 13.9. The number of hydrogen-bond donors (Lipinski definition) is 2. The number of H-pyrrole nitrogens is 1. The highest BCUT2D eigenvalue weighted by molar-refractivity contribution is 5.95. The number of morpholine rings is 1. The summed E-state index contributed by atoms with van der Waals surface area (Å²) in [6, 6.07) is 16.2. The SMILES string of the molecule is CC1CN(c2ccc(C#N)c3[nH]c(=O)ccc23)CC(CN2CC3(C2)OCc2cc(N4CCNCC4)ccc23)O1. The van der Waals surface area contributed by atoms with Crippen molar-refractivity contribution < 1.29 is 9.47 Å². The second-order valence-corrected chi connectivity index (χ2v) is 11.4. The van der Waals surface area contributed by atoms with Crippen LogP contribution in [0.1, 0.15) is 23.6 Å². The van der Waals surface area contributed by atoms with E-state index in [9.17, 15) is 10.1 Å². The Morgan fingerprint density at radius 1 is 1.08 bits per heavy atom. The maximum absolute atomic E-state index is 12.0. The number of nitriles is 1. The molecule has 4 aliphatic rings. The van der Waals surface area contributed by atoms with E-state index in [1.807, 2.05) is 12.1 Å². The molecule has 0 amide bonds. The van der Waals surface area contributed by atoms with Gasteiger partial charge < -0.3 is 29.6 Å². The van der Waals surface area contributed by atoms with E-state index in [-0.39, 0.29) is 23.4 Å². The van der Waals surface area contributed by atoms with Crippen molar-refractivity contribution in [2.24, 2.45) is 0 Å². The third-order valence-electron chi connectivity index (χ3n) is 8.65. The molecular weight excluding hydrogens is 492 g/mol. The number of likely N-dealkylation sites (tertiary alicyclic amines) is 1. The highest BCUT2D eigenvalue weighted by Crippen LogP contribution is 2.44. The van der Waals surface area contributed by atoms with E-state index < -0.39 is 0 Å². The summed E-state index contributed by atoms with van der Waals surface area (Å²) in [6.07, 6.45) is 0.120. The molecule has 1 aromatic heterocycles. The molecule has 2 atom stereocenters. The van der Waals surface area contributed by atoms with Crippen LogP contribution in [-0.2, 0) is 21.7 Å². The first-order chi connectivity index (χ1) is 19.0. The van der Waals surface area contributed by atoms with Crippen LogP contribution in [0.2, 0.25) is 0 Å². The molecule has 202 valence electrons. The van der Waals surface area contributed by atoms with E-state index in [4.69, 9.17) is 9.47 Å². The lowest BCUT2D eigenvalue weighted by Crippen LogP contribution is -2.62. The van der Waals surface area contributed by atoms with Crippen LogP contribution in [0.4, 0.5) is 11.4 Å². The zero-order valence-corrected chi connectivity index (χ0v) is 22.3. The lowest BCUT2D eigenvalue weighted by molar-refractivity contribution is -0.155. The molecule has 5 heterocycles. The van der Waals surface area contributed by atoms with Crippen LogP contribution in [0.15, 0.2) is 47.3 Å². The van der Waals surface area contributed by atoms with Crippen molar-refractivity contribution in [3.8, 4) is 6.07 Å². The summed E-state index contributed by atoms with van der Waals surface area (Å²) in [5, 5.41) is 13.9. The fourth-order valence-corrected chi connectivity index (χ4v) is 6.86. The van der Waals surface area contributed by atoms with Gasteiger partial charge in [0.2, 0.25) is 5.56 Å². The van der Waals surface area contributed by atoms with Gasteiger partial charge in [0.15, 0.2) is 0 Å². The normalized spacial score (nSPS) is 24.5. The maximum atomic E-state index is 12.0. The van der Waals surface area contributed by atoms with Crippen molar-refractivity contribution in [3.63, 3.8) is 0 Å². The lowest BCUT2D eigenvalue weighted by Gasteiger charge is -2.50. The quantitative estimate of drug-likeness (QED) is 0.534. The van der Waals surface area contributed by atoms with Crippen LogP contribution in [-0.4, -0.2) is 81.0 Å². The smallest absolute Gasteiger partial charge is 0.248 e. The van der Waals surface area contributed by atoms with E-state index in [0.29, 0.717) is 17.7 Å². The second kappa shape index (κ2) is 9.65. The van der Waals surface area contributed by atoms with Crippen molar-refractivity contribution in [3.05, 3.63) is 69.5 Å². The molecule has 0 radical (unpaired) electrons. The van der Waals surface area contributed by atoms with Crippen molar-refractivity contribution in [2.45, 2.75) is 31.3 Å². The van der Waals surface area contributed by atoms with Crippen LogP contribution in [0.3, 0.4) is 0 Å². The van der Waals surface area contributed by atoms with Gasteiger partial charge in [-0.3, -0.25) is 9.69 Å². The van der Waals surface area contributed by atoms with Crippen LogP contribution >= 0.6 is 0 Å². The number of pyridine rings is 1. The number of fused-ring (bicyclic) bond motifs is 3. The van der Waals surface area contributed by atoms with Gasteiger partial charge in [0.1, 0.15) is 11.7 Å². The van der Waals surface area contributed by atoms with Crippen molar-refractivity contribution in [1.82, 2.24) is 15.2 Å². The Bertz CT molecular complexity index is 1500. The van der Waals surface area contributed by atoms with Gasteiger partial charge in [-0.1, -0.05) is 6.07 Å². The van der Waals surface area contributed by atoms with Gasteiger partial charge in [-0.2, -0.15) is 5.26 Å². The third kappa shape index (κ3) is 4.38. The number of anilines is 2. The molecule has 3 fully saturated rings. The van der Waals surface area contributed by atoms with Crippen LogP contribution < -0.4 is 20.7 Å². The second-order valence-electron chi connectivity index (χ2n) is 11.4. The number of piperazine rings is 1. The summed E-state index contributed by atoms with van der Waals surface area (Å²) in [5.41, 5.74) is 5.66. The number of nitrogens with one attached hydrogen (secondary N) is 2. The zero-order chi connectivity index (χ0) is 26.6. The summed E-state index contributed by atoms with van der Waals surface area (Å²) in [7, 11) is 0. The van der Waals surface area contributed by atoms with E-state index in [2.05, 4.69) is 56.2 Å². The Kier molecular flexibility index (Phi) is 6.09. The minimum Gasteiger partial charge on any atom is -0.370 e. The summed E-state index contributed by atoms with van der Waals surface area (Å²) in [5.74, 6) is 0. The van der Waals surface area contributed by atoms with Crippen LogP contribution in [0.25, 0.3) is 10.9 Å². The van der Waals surface area contributed by atoms with Crippen molar-refractivity contribution in [2.75, 3.05) is 68.7 Å². The molecule has 9 heteroatoms. The number of nitrogens with zero attached hydrogens (tertiary/aromatic N) is 4. The molecule has 39 heavy (non-hydrogen) atoms. The monoisotopic (exact) mass is 526 g/mol. The zero-order valence-electron chi connectivity index (χ0n) is 22.3. The molecule has 1 spiro atoms. The van der Waals surface area contributed by atoms with Gasteiger partial charge in [-0.05, 0) is 48.4 Å².